The molecule has 1 saturated carbocycles. The van der Waals surface area contributed by atoms with E-state index < -0.39 is 5.60 Å². The van der Waals surface area contributed by atoms with Crippen LogP contribution >= 0.6 is 0 Å². The van der Waals surface area contributed by atoms with Crippen molar-refractivity contribution in [3.8, 4) is 0 Å². The number of likely N-dealkylation sites (N-methyl/N-ethyl adjacent to an activating group) is 1. The van der Waals surface area contributed by atoms with Crippen molar-refractivity contribution in [3.63, 3.8) is 0 Å². The molecule has 0 unspecified atom stereocenters. The molecule has 13 heavy (non-hydrogen) atoms. The van der Waals surface area contributed by atoms with E-state index in [9.17, 15) is 4.79 Å². The number of carbonyl (C=O) groups is 1. The van der Waals surface area contributed by atoms with E-state index in [-0.39, 0.29) is 12.0 Å². The number of ether oxygens (including phenoxy) is 1. The summed E-state index contributed by atoms with van der Waals surface area (Å²) < 4.78 is 5.74. The molecule has 1 aliphatic carbocycles. The minimum Gasteiger partial charge on any atom is -0.363 e. The second-order valence-corrected chi connectivity index (χ2v) is 4.11. The number of hydrogen-bond acceptors (Lipinski definition) is 2. The lowest BCUT2D eigenvalue weighted by Crippen LogP contribution is -2.44. The van der Waals surface area contributed by atoms with Crippen molar-refractivity contribution in [2.24, 2.45) is 0 Å². The van der Waals surface area contributed by atoms with Crippen LogP contribution < -0.4 is 5.32 Å². The second-order valence-electron chi connectivity index (χ2n) is 4.11. The van der Waals surface area contributed by atoms with Gasteiger partial charge in [-0.15, -0.1) is 0 Å². The molecule has 0 spiro atoms. The molecule has 1 N–H and O–H groups in total. The van der Waals surface area contributed by atoms with E-state index in [2.05, 4.69) is 5.32 Å². The zero-order valence-electron chi connectivity index (χ0n) is 8.72. The summed E-state index contributed by atoms with van der Waals surface area (Å²) in [7, 11) is 1.64. The van der Waals surface area contributed by atoms with Crippen LogP contribution in [0.4, 0.5) is 0 Å². The van der Waals surface area contributed by atoms with E-state index in [1.54, 1.807) is 7.05 Å². The Bertz CT molecular complexity index is 183. The van der Waals surface area contributed by atoms with Gasteiger partial charge in [-0.1, -0.05) is 12.8 Å². The van der Waals surface area contributed by atoms with E-state index in [1.165, 1.54) is 12.8 Å². The molecule has 0 aliphatic heterocycles. The summed E-state index contributed by atoms with van der Waals surface area (Å²) in [6.07, 6.45) is 4.94. The lowest BCUT2D eigenvalue weighted by atomic mass is 10.1. The minimum atomic E-state index is -0.677. The van der Waals surface area contributed by atoms with Crippen molar-refractivity contribution in [2.45, 2.75) is 51.2 Å². The number of hydrogen-bond donors (Lipinski definition) is 1. The first-order chi connectivity index (χ1) is 6.06. The zero-order chi connectivity index (χ0) is 9.90. The monoisotopic (exact) mass is 185 g/mol. The van der Waals surface area contributed by atoms with Crippen molar-refractivity contribution >= 4 is 5.91 Å². The second kappa shape index (κ2) is 4.09. The first-order valence-electron chi connectivity index (χ1n) is 4.96. The molecule has 0 atom stereocenters. The summed E-state index contributed by atoms with van der Waals surface area (Å²) in [5.41, 5.74) is -0.677. The Hall–Kier alpha value is -0.570. The van der Waals surface area contributed by atoms with Crippen molar-refractivity contribution in [3.05, 3.63) is 0 Å². The lowest BCUT2D eigenvalue weighted by molar-refractivity contribution is -0.148. The molecule has 0 aromatic rings. The van der Waals surface area contributed by atoms with Gasteiger partial charge in [-0.05, 0) is 26.7 Å². The summed E-state index contributed by atoms with van der Waals surface area (Å²) in [4.78, 5) is 11.4. The van der Waals surface area contributed by atoms with Gasteiger partial charge in [0.25, 0.3) is 5.91 Å². The third-order valence-electron chi connectivity index (χ3n) is 2.54. The first kappa shape index (κ1) is 10.5. The zero-order valence-corrected chi connectivity index (χ0v) is 8.72. The van der Waals surface area contributed by atoms with Crippen LogP contribution in [0, 0.1) is 0 Å². The van der Waals surface area contributed by atoms with Crippen molar-refractivity contribution in [1.29, 1.82) is 0 Å². The highest BCUT2D eigenvalue weighted by atomic mass is 16.5. The average molecular weight is 185 g/mol. The number of nitrogens with one attached hydrogen (secondary N) is 1. The molecule has 1 amide bonds. The lowest BCUT2D eigenvalue weighted by Gasteiger charge is -2.27. The van der Waals surface area contributed by atoms with Crippen LogP contribution in [0.3, 0.4) is 0 Å². The van der Waals surface area contributed by atoms with Gasteiger partial charge in [0.05, 0.1) is 6.10 Å². The topological polar surface area (TPSA) is 38.3 Å². The van der Waals surface area contributed by atoms with Gasteiger partial charge in [-0.3, -0.25) is 4.79 Å². The summed E-state index contributed by atoms with van der Waals surface area (Å²) in [5, 5.41) is 2.62. The number of rotatable bonds is 3. The summed E-state index contributed by atoms with van der Waals surface area (Å²) in [6, 6.07) is 0. The van der Waals surface area contributed by atoms with Gasteiger partial charge in [0, 0.05) is 7.05 Å². The molecule has 0 radical (unpaired) electrons. The quantitative estimate of drug-likeness (QED) is 0.723. The van der Waals surface area contributed by atoms with E-state index in [4.69, 9.17) is 4.74 Å². The molecule has 3 nitrogen and oxygen atoms in total. The molecule has 0 heterocycles. The number of carbonyl (C=O) groups excluding carboxylic acids is 1. The molecule has 1 aliphatic rings. The van der Waals surface area contributed by atoms with E-state index in [0.29, 0.717) is 0 Å². The van der Waals surface area contributed by atoms with Gasteiger partial charge in [0.15, 0.2) is 0 Å². The molecule has 3 heteroatoms. The van der Waals surface area contributed by atoms with Crippen LogP contribution in [0.25, 0.3) is 0 Å². The standard InChI is InChI=1S/C10H19NO2/c1-10(2,9(12)11-3)13-8-6-4-5-7-8/h8H,4-7H2,1-3H3,(H,11,12). The number of amides is 1. The SMILES string of the molecule is CNC(=O)C(C)(C)OC1CCCC1. The highest BCUT2D eigenvalue weighted by Crippen LogP contribution is 2.25. The molecule has 76 valence electrons. The van der Waals surface area contributed by atoms with Crippen molar-refractivity contribution in [1.82, 2.24) is 5.32 Å². The maximum absolute atomic E-state index is 11.4. The van der Waals surface area contributed by atoms with Crippen LogP contribution in [0.15, 0.2) is 0 Å². The Balaban J connectivity index is 2.44. The fourth-order valence-electron chi connectivity index (χ4n) is 1.78. The smallest absolute Gasteiger partial charge is 0.251 e. The van der Waals surface area contributed by atoms with Gasteiger partial charge in [0.1, 0.15) is 5.60 Å². The third kappa shape index (κ3) is 2.69. The highest BCUT2D eigenvalue weighted by molar-refractivity contribution is 5.83. The van der Waals surface area contributed by atoms with E-state index in [1.807, 2.05) is 13.8 Å². The maximum Gasteiger partial charge on any atom is 0.251 e. The van der Waals surface area contributed by atoms with Gasteiger partial charge in [-0.25, -0.2) is 0 Å². The molecule has 0 aromatic heterocycles. The van der Waals surface area contributed by atoms with E-state index in [0.717, 1.165) is 12.8 Å². The minimum absolute atomic E-state index is 0.0422. The molecule has 0 aromatic carbocycles. The predicted molar refractivity (Wildman–Crippen MR) is 51.5 cm³/mol. The van der Waals surface area contributed by atoms with Crippen molar-refractivity contribution < 1.29 is 9.53 Å². The molecule has 0 bridgehead atoms. The Kier molecular flexibility index (Phi) is 3.31. The van der Waals surface area contributed by atoms with Gasteiger partial charge in [0.2, 0.25) is 0 Å². The van der Waals surface area contributed by atoms with Gasteiger partial charge in [-0.2, -0.15) is 0 Å². The Morgan fingerprint density at radius 3 is 2.38 bits per heavy atom. The van der Waals surface area contributed by atoms with Crippen LogP contribution in [-0.2, 0) is 9.53 Å². The largest absolute Gasteiger partial charge is 0.363 e. The Labute approximate surface area is 79.8 Å². The average Bonchev–Trinajstić information content (AvgIpc) is 2.54. The third-order valence-corrected chi connectivity index (χ3v) is 2.54. The molecule has 0 saturated heterocycles. The summed E-state index contributed by atoms with van der Waals surface area (Å²) in [6.45, 7) is 3.65. The predicted octanol–water partition coefficient (Wildman–Crippen LogP) is 1.47. The molecule has 1 rings (SSSR count). The van der Waals surface area contributed by atoms with Gasteiger partial charge >= 0.3 is 0 Å². The van der Waals surface area contributed by atoms with E-state index >= 15 is 0 Å². The van der Waals surface area contributed by atoms with Crippen LogP contribution in [-0.4, -0.2) is 24.7 Å². The van der Waals surface area contributed by atoms with Crippen molar-refractivity contribution in [2.75, 3.05) is 7.05 Å². The summed E-state index contributed by atoms with van der Waals surface area (Å²) in [5.74, 6) is -0.0422. The maximum atomic E-state index is 11.4. The van der Waals surface area contributed by atoms with Crippen LogP contribution in [0.1, 0.15) is 39.5 Å². The van der Waals surface area contributed by atoms with Crippen LogP contribution in [0.5, 0.6) is 0 Å². The highest BCUT2D eigenvalue weighted by Gasteiger charge is 2.31. The fraction of sp³-hybridized carbons (Fsp3) is 0.900. The first-order valence-corrected chi connectivity index (χ1v) is 4.96. The van der Waals surface area contributed by atoms with Crippen LogP contribution in [0.2, 0.25) is 0 Å². The molecular weight excluding hydrogens is 166 g/mol. The Morgan fingerprint density at radius 1 is 1.38 bits per heavy atom. The summed E-state index contributed by atoms with van der Waals surface area (Å²) >= 11 is 0. The Morgan fingerprint density at radius 2 is 1.92 bits per heavy atom. The fourth-order valence-corrected chi connectivity index (χ4v) is 1.78. The molecular formula is C10H19NO2. The normalized spacial score (nSPS) is 19.0. The van der Waals surface area contributed by atoms with Gasteiger partial charge < -0.3 is 10.1 Å². The molecule has 1 fully saturated rings.